The minimum absolute atomic E-state index is 0.379. The van der Waals surface area contributed by atoms with E-state index < -0.39 is 12.0 Å². The molecule has 20 heavy (non-hydrogen) atoms. The first-order valence-corrected chi connectivity index (χ1v) is 7.64. The summed E-state index contributed by atoms with van der Waals surface area (Å²) < 4.78 is 41.1. The molecule has 4 nitrogen and oxygen atoms in total. The second-order valence-electron chi connectivity index (χ2n) is 5.06. The van der Waals surface area contributed by atoms with Crippen LogP contribution in [-0.2, 0) is 6.18 Å². The molecule has 0 radical (unpaired) electrons. The molecule has 1 unspecified atom stereocenters. The quantitative estimate of drug-likeness (QED) is 0.908. The van der Waals surface area contributed by atoms with E-state index in [0.29, 0.717) is 17.6 Å². The molecule has 2 rings (SSSR count). The van der Waals surface area contributed by atoms with E-state index in [2.05, 4.69) is 14.7 Å². The second-order valence-corrected chi connectivity index (χ2v) is 5.79. The van der Waals surface area contributed by atoms with E-state index in [0.717, 1.165) is 50.4 Å². The molecule has 1 aromatic heterocycles. The lowest BCUT2D eigenvalue weighted by atomic mass is 9.99. The molecule has 1 saturated heterocycles. The first-order chi connectivity index (χ1) is 9.50. The Kier molecular flexibility index (Phi) is 5.20. The molecule has 1 aliphatic rings. The summed E-state index contributed by atoms with van der Waals surface area (Å²) in [7, 11) is 0. The Morgan fingerprint density at radius 1 is 1.45 bits per heavy atom. The Morgan fingerprint density at radius 2 is 2.25 bits per heavy atom. The number of alkyl halides is 3. The summed E-state index contributed by atoms with van der Waals surface area (Å²) in [4.78, 5) is 5.59. The maximum absolute atomic E-state index is 12.6. The highest BCUT2D eigenvalue weighted by atomic mass is 32.1. The monoisotopic (exact) mass is 308 g/mol. The second kappa shape index (κ2) is 6.71. The predicted molar refractivity (Wildman–Crippen MR) is 73.0 cm³/mol. The van der Waals surface area contributed by atoms with Crippen LogP contribution in [0.5, 0.6) is 0 Å². The van der Waals surface area contributed by atoms with Gasteiger partial charge in [-0.25, -0.2) is 0 Å². The van der Waals surface area contributed by atoms with Crippen molar-refractivity contribution in [3.63, 3.8) is 0 Å². The van der Waals surface area contributed by atoms with Gasteiger partial charge in [0.2, 0.25) is 11.0 Å². The van der Waals surface area contributed by atoms with Gasteiger partial charge in [0.15, 0.2) is 0 Å². The molecule has 1 N–H and O–H groups in total. The highest BCUT2D eigenvalue weighted by molar-refractivity contribution is 7.09. The fraction of sp³-hybridized carbons (Fsp3) is 0.833. The van der Waals surface area contributed by atoms with Crippen molar-refractivity contribution in [1.82, 2.24) is 14.7 Å². The van der Waals surface area contributed by atoms with Gasteiger partial charge in [-0.1, -0.05) is 6.92 Å². The average molecular weight is 308 g/mol. The van der Waals surface area contributed by atoms with Gasteiger partial charge in [0.1, 0.15) is 0 Å². The summed E-state index contributed by atoms with van der Waals surface area (Å²) in [6, 6.07) is 0. The fourth-order valence-electron chi connectivity index (χ4n) is 2.39. The number of nitrogens with zero attached hydrogens (tertiary/aromatic N) is 3. The van der Waals surface area contributed by atoms with Gasteiger partial charge < -0.3 is 10.2 Å². The topological polar surface area (TPSA) is 41.0 Å². The largest absolute Gasteiger partial charge is 0.452 e. The Labute approximate surface area is 120 Å². The molecule has 0 spiro atoms. The zero-order valence-electron chi connectivity index (χ0n) is 11.4. The molecular weight excluding hydrogens is 289 g/mol. The van der Waals surface area contributed by atoms with Crippen LogP contribution in [0.3, 0.4) is 0 Å². The first kappa shape index (κ1) is 15.5. The zero-order chi connectivity index (χ0) is 14.6. The van der Waals surface area contributed by atoms with E-state index in [1.807, 2.05) is 11.8 Å². The Hall–Kier alpha value is -0.890. The minimum Gasteiger partial charge on any atom is -0.347 e. The molecule has 2 heterocycles. The average Bonchev–Trinajstić information content (AvgIpc) is 2.89. The summed E-state index contributed by atoms with van der Waals surface area (Å²) in [6.07, 6.45) is -1.35. The lowest BCUT2D eigenvalue weighted by Crippen LogP contribution is -2.38. The third-order valence-corrected chi connectivity index (χ3v) is 4.09. The van der Waals surface area contributed by atoms with E-state index in [-0.39, 0.29) is 0 Å². The van der Waals surface area contributed by atoms with Crippen molar-refractivity contribution >= 4 is 16.7 Å². The van der Waals surface area contributed by atoms with Crippen molar-refractivity contribution in [3.8, 4) is 0 Å². The Morgan fingerprint density at radius 3 is 2.80 bits per heavy atom. The third-order valence-electron chi connectivity index (χ3n) is 3.31. The zero-order valence-corrected chi connectivity index (χ0v) is 12.2. The molecule has 1 atom stereocenters. The van der Waals surface area contributed by atoms with Gasteiger partial charge in [-0.15, -0.1) is 0 Å². The summed E-state index contributed by atoms with van der Waals surface area (Å²) in [6.45, 7) is 5.42. The molecule has 0 saturated carbocycles. The Bertz CT molecular complexity index is 415. The number of rotatable bonds is 5. The number of piperidine rings is 1. The Balaban J connectivity index is 2.05. The van der Waals surface area contributed by atoms with Crippen LogP contribution in [0, 0.1) is 5.92 Å². The molecule has 0 aliphatic carbocycles. The van der Waals surface area contributed by atoms with Crippen LogP contribution in [0.2, 0.25) is 0 Å². The van der Waals surface area contributed by atoms with Crippen LogP contribution < -0.4 is 10.2 Å². The van der Waals surface area contributed by atoms with Crippen molar-refractivity contribution < 1.29 is 13.2 Å². The highest BCUT2D eigenvalue weighted by Crippen LogP contribution is 2.30. The lowest BCUT2D eigenvalue weighted by molar-refractivity contribution is -0.144. The van der Waals surface area contributed by atoms with Crippen molar-refractivity contribution in [2.24, 2.45) is 5.92 Å². The van der Waals surface area contributed by atoms with Gasteiger partial charge in [-0.05, 0) is 38.3 Å². The number of aromatic nitrogens is 2. The molecule has 114 valence electrons. The smallest absolute Gasteiger partial charge is 0.347 e. The number of hydrogen-bond acceptors (Lipinski definition) is 5. The standard InChI is InChI=1S/C12H19F3N4S/c1-2-6-19(8-9-4-3-5-16-7-9)11-17-10(18-20-11)12(13,14)15/h9,16H,2-8H2,1H3. The number of halogens is 3. The van der Waals surface area contributed by atoms with Gasteiger partial charge >= 0.3 is 6.18 Å². The van der Waals surface area contributed by atoms with E-state index >= 15 is 0 Å². The molecule has 1 aromatic rings. The van der Waals surface area contributed by atoms with Crippen LogP contribution in [-0.4, -0.2) is 35.5 Å². The van der Waals surface area contributed by atoms with Gasteiger partial charge in [0, 0.05) is 24.6 Å². The summed E-state index contributed by atoms with van der Waals surface area (Å²) in [5.41, 5.74) is 0. The summed E-state index contributed by atoms with van der Waals surface area (Å²) in [5.74, 6) is -0.561. The molecule has 1 aliphatic heterocycles. The molecular formula is C12H19F3N4S. The maximum atomic E-state index is 12.6. The van der Waals surface area contributed by atoms with Crippen LogP contribution in [0.15, 0.2) is 0 Å². The first-order valence-electron chi connectivity index (χ1n) is 6.87. The number of anilines is 1. The van der Waals surface area contributed by atoms with Crippen molar-refractivity contribution in [3.05, 3.63) is 5.82 Å². The van der Waals surface area contributed by atoms with Crippen LogP contribution in [0.1, 0.15) is 32.0 Å². The van der Waals surface area contributed by atoms with Crippen molar-refractivity contribution in [2.75, 3.05) is 31.1 Å². The van der Waals surface area contributed by atoms with E-state index in [4.69, 9.17) is 0 Å². The van der Waals surface area contributed by atoms with Crippen LogP contribution in [0.4, 0.5) is 18.3 Å². The summed E-state index contributed by atoms with van der Waals surface area (Å²) >= 11 is 0.837. The predicted octanol–water partition coefficient (Wildman–Crippen LogP) is 2.77. The molecule has 0 aromatic carbocycles. The maximum Gasteiger partial charge on any atom is 0.452 e. The van der Waals surface area contributed by atoms with E-state index in [9.17, 15) is 13.2 Å². The van der Waals surface area contributed by atoms with Gasteiger partial charge in [0.25, 0.3) is 0 Å². The molecule has 1 fully saturated rings. The number of nitrogens with one attached hydrogen (secondary N) is 1. The summed E-state index contributed by atoms with van der Waals surface area (Å²) in [5, 5.41) is 3.70. The van der Waals surface area contributed by atoms with E-state index in [1.54, 1.807) is 0 Å². The minimum atomic E-state index is -4.46. The van der Waals surface area contributed by atoms with Crippen molar-refractivity contribution in [1.29, 1.82) is 0 Å². The fourth-order valence-corrected chi connectivity index (χ4v) is 3.11. The van der Waals surface area contributed by atoms with Crippen LogP contribution >= 0.6 is 11.5 Å². The highest BCUT2D eigenvalue weighted by Gasteiger charge is 2.36. The van der Waals surface area contributed by atoms with Crippen molar-refractivity contribution in [2.45, 2.75) is 32.4 Å². The van der Waals surface area contributed by atoms with E-state index in [1.165, 1.54) is 0 Å². The number of hydrogen-bond donors (Lipinski definition) is 1. The SMILES string of the molecule is CCCN(CC1CCCNC1)c1nc(C(F)(F)F)ns1. The third kappa shape index (κ3) is 4.05. The normalized spacial score (nSPS) is 20.1. The van der Waals surface area contributed by atoms with Gasteiger partial charge in [0.05, 0.1) is 0 Å². The van der Waals surface area contributed by atoms with Gasteiger partial charge in [-0.3, -0.25) is 0 Å². The molecule has 0 amide bonds. The van der Waals surface area contributed by atoms with Gasteiger partial charge in [-0.2, -0.15) is 22.5 Å². The molecule has 0 bridgehead atoms. The molecule has 8 heteroatoms. The lowest BCUT2D eigenvalue weighted by Gasteiger charge is -2.29. The van der Waals surface area contributed by atoms with Crippen LogP contribution in [0.25, 0.3) is 0 Å².